The molecule has 0 aliphatic heterocycles. The maximum absolute atomic E-state index is 12.5. The summed E-state index contributed by atoms with van der Waals surface area (Å²) < 4.78 is 1.28. The molecule has 2 N–H and O–H groups in total. The van der Waals surface area contributed by atoms with E-state index in [9.17, 15) is 14.7 Å². The van der Waals surface area contributed by atoms with Crippen molar-refractivity contribution in [3.63, 3.8) is 0 Å². The molecule has 6 heteroatoms. The summed E-state index contributed by atoms with van der Waals surface area (Å²) in [5.41, 5.74) is 2.30. The van der Waals surface area contributed by atoms with Gasteiger partial charge < -0.3 is 10.4 Å². The van der Waals surface area contributed by atoms with Crippen LogP contribution in [0.2, 0.25) is 0 Å². The van der Waals surface area contributed by atoms with Crippen LogP contribution in [-0.2, 0) is 17.8 Å². The smallest absolute Gasteiger partial charge is 0.261 e. The predicted octanol–water partition coefficient (Wildman–Crippen LogP) is 1.17. The van der Waals surface area contributed by atoms with E-state index in [4.69, 9.17) is 0 Å². The molecule has 2 aromatic carbocycles. The van der Waals surface area contributed by atoms with Crippen LogP contribution in [0.3, 0.4) is 0 Å². The molecular weight excluding hydrogens is 318 g/mol. The molecule has 4 rings (SSSR count). The van der Waals surface area contributed by atoms with Crippen LogP contribution in [0.1, 0.15) is 17.2 Å². The Morgan fingerprint density at radius 1 is 1.20 bits per heavy atom. The quantitative estimate of drug-likeness (QED) is 0.752. The van der Waals surface area contributed by atoms with E-state index in [2.05, 4.69) is 10.3 Å². The Labute approximate surface area is 143 Å². The Hall–Kier alpha value is -2.99. The third kappa shape index (κ3) is 2.81. The molecule has 0 saturated carbocycles. The molecule has 1 aliphatic carbocycles. The van der Waals surface area contributed by atoms with Gasteiger partial charge in [-0.3, -0.25) is 14.2 Å². The van der Waals surface area contributed by atoms with Crippen LogP contribution >= 0.6 is 0 Å². The zero-order valence-electron chi connectivity index (χ0n) is 13.4. The zero-order valence-corrected chi connectivity index (χ0v) is 13.4. The Morgan fingerprint density at radius 3 is 2.84 bits per heavy atom. The van der Waals surface area contributed by atoms with Crippen LogP contribution in [0.4, 0.5) is 0 Å². The molecule has 3 aromatic rings. The molecule has 1 heterocycles. The third-order valence-corrected chi connectivity index (χ3v) is 4.57. The standard InChI is InChI=1S/C19H17N3O3/c23-16-9-12-5-1-2-6-13(12)18(16)21-17(24)10-22-11-20-15-8-4-3-7-14(15)19(22)25/h1-8,11,16,18,23H,9-10H2,(H,21,24)/t16-,18+/m0/s1. The Bertz CT molecular complexity index is 1010. The number of aliphatic hydroxyl groups excluding tert-OH is 1. The normalized spacial score (nSPS) is 18.9. The molecule has 2 atom stereocenters. The summed E-state index contributed by atoms with van der Waals surface area (Å²) in [5, 5.41) is 13.5. The summed E-state index contributed by atoms with van der Waals surface area (Å²) in [6, 6.07) is 14.2. The van der Waals surface area contributed by atoms with Crippen LogP contribution in [0.5, 0.6) is 0 Å². The lowest BCUT2D eigenvalue weighted by atomic mass is 10.1. The number of hydrogen-bond donors (Lipinski definition) is 2. The largest absolute Gasteiger partial charge is 0.390 e. The van der Waals surface area contributed by atoms with Crippen molar-refractivity contribution >= 4 is 16.8 Å². The van der Waals surface area contributed by atoms with Crippen LogP contribution < -0.4 is 10.9 Å². The van der Waals surface area contributed by atoms with Gasteiger partial charge in [0.25, 0.3) is 5.56 Å². The number of carbonyl (C=O) groups is 1. The van der Waals surface area contributed by atoms with Gasteiger partial charge in [0, 0.05) is 6.42 Å². The fraction of sp³-hybridized carbons (Fsp3) is 0.211. The molecule has 0 radical (unpaired) electrons. The van der Waals surface area contributed by atoms with Crippen LogP contribution in [0, 0.1) is 0 Å². The van der Waals surface area contributed by atoms with E-state index in [1.165, 1.54) is 10.9 Å². The molecule has 0 spiro atoms. The summed E-state index contributed by atoms with van der Waals surface area (Å²) in [5.74, 6) is -0.333. The van der Waals surface area contributed by atoms with E-state index in [0.717, 1.165) is 11.1 Å². The first-order valence-electron chi connectivity index (χ1n) is 8.13. The summed E-state index contributed by atoms with van der Waals surface area (Å²) in [4.78, 5) is 29.1. The van der Waals surface area contributed by atoms with Gasteiger partial charge in [0.1, 0.15) is 6.54 Å². The zero-order chi connectivity index (χ0) is 17.4. The highest BCUT2D eigenvalue weighted by Gasteiger charge is 2.31. The minimum Gasteiger partial charge on any atom is -0.390 e. The average Bonchev–Trinajstić information content (AvgIpc) is 2.93. The third-order valence-electron chi connectivity index (χ3n) is 4.57. The fourth-order valence-corrected chi connectivity index (χ4v) is 3.34. The minimum absolute atomic E-state index is 0.137. The first-order chi connectivity index (χ1) is 12.1. The van der Waals surface area contributed by atoms with Gasteiger partial charge >= 0.3 is 0 Å². The second kappa shape index (κ2) is 6.14. The monoisotopic (exact) mass is 335 g/mol. The summed E-state index contributed by atoms with van der Waals surface area (Å²) in [6.07, 6.45) is 1.23. The van der Waals surface area contributed by atoms with E-state index >= 15 is 0 Å². The van der Waals surface area contributed by atoms with Crippen molar-refractivity contribution in [3.8, 4) is 0 Å². The number of nitrogens with one attached hydrogen (secondary N) is 1. The molecule has 0 fully saturated rings. The second-order valence-corrected chi connectivity index (χ2v) is 6.21. The fourth-order valence-electron chi connectivity index (χ4n) is 3.34. The predicted molar refractivity (Wildman–Crippen MR) is 93.0 cm³/mol. The molecule has 25 heavy (non-hydrogen) atoms. The highest BCUT2D eigenvalue weighted by Crippen LogP contribution is 2.31. The number of benzene rings is 2. The number of nitrogens with zero attached hydrogens (tertiary/aromatic N) is 2. The van der Waals surface area contributed by atoms with E-state index in [0.29, 0.717) is 17.3 Å². The lowest BCUT2D eigenvalue weighted by Crippen LogP contribution is -2.38. The number of amides is 1. The van der Waals surface area contributed by atoms with Gasteiger partial charge in [-0.1, -0.05) is 36.4 Å². The molecule has 126 valence electrons. The van der Waals surface area contributed by atoms with Gasteiger partial charge in [0.15, 0.2) is 0 Å². The minimum atomic E-state index is -0.659. The average molecular weight is 335 g/mol. The number of carbonyl (C=O) groups excluding carboxylic acids is 1. The van der Waals surface area contributed by atoms with Crippen molar-refractivity contribution < 1.29 is 9.90 Å². The van der Waals surface area contributed by atoms with Crippen LogP contribution in [0.25, 0.3) is 10.9 Å². The van der Waals surface area contributed by atoms with E-state index in [-0.39, 0.29) is 18.0 Å². The molecule has 1 amide bonds. The van der Waals surface area contributed by atoms with Crippen molar-refractivity contribution in [1.82, 2.24) is 14.9 Å². The second-order valence-electron chi connectivity index (χ2n) is 6.21. The number of rotatable bonds is 3. The summed E-state index contributed by atoms with van der Waals surface area (Å²) >= 11 is 0. The highest BCUT2D eigenvalue weighted by molar-refractivity contribution is 5.79. The number of aromatic nitrogens is 2. The number of hydrogen-bond acceptors (Lipinski definition) is 4. The number of para-hydroxylation sites is 1. The molecular formula is C19H17N3O3. The van der Waals surface area contributed by atoms with Gasteiger partial charge in [-0.05, 0) is 23.3 Å². The first-order valence-corrected chi connectivity index (χ1v) is 8.13. The molecule has 1 aliphatic rings. The van der Waals surface area contributed by atoms with Crippen molar-refractivity contribution in [1.29, 1.82) is 0 Å². The molecule has 6 nitrogen and oxygen atoms in total. The number of fused-ring (bicyclic) bond motifs is 2. The van der Waals surface area contributed by atoms with Gasteiger partial charge in [-0.2, -0.15) is 0 Å². The van der Waals surface area contributed by atoms with Crippen molar-refractivity contribution in [2.75, 3.05) is 0 Å². The highest BCUT2D eigenvalue weighted by atomic mass is 16.3. The maximum atomic E-state index is 12.5. The molecule has 0 unspecified atom stereocenters. The van der Waals surface area contributed by atoms with Crippen LogP contribution in [0.15, 0.2) is 59.7 Å². The first kappa shape index (κ1) is 15.5. The van der Waals surface area contributed by atoms with Crippen molar-refractivity contribution in [3.05, 3.63) is 76.3 Å². The summed E-state index contributed by atoms with van der Waals surface area (Å²) in [6.45, 7) is -0.137. The lowest BCUT2D eigenvalue weighted by Gasteiger charge is -2.18. The van der Waals surface area contributed by atoms with Gasteiger partial charge in [0.05, 0.1) is 29.4 Å². The Morgan fingerprint density at radius 2 is 1.96 bits per heavy atom. The van der Waals surface area contributed by atoms with Crippen molar-refractivity contribution in [2.24, 2.45) is 0 Å². The van der Waals surface area contributed by atoms with E-state index < -0.39 is 12.1 Å². The lowest BCUT2D eigenvalue weighted by molar-refractivity contribution is -0.123. The van der Waals surface area contributed by atoms with Gasteiger partial charge in [-0.25, -0.2) is 4.98 Å². The van der Waals surface area contributed by atoms with E-state index in [1.807, 2.05) is 30.3 Å². The molecule has 0 saturated heterocycles. The van der Waals surface area contributed by atoms with Crippen LogP contribution in [-0.4, -0.2) is 26.7 Å². The topological polar surface area (TPSA) is 84.2 Å². The van der Waals surface area contributed by atoms with E-state index in [1.54, 1.807) is 18.2 Å². The molecule has 0 bridgehead atoms. The molecule has 1 aromatic heterocycles. The van der Waals surface area contributed by atoms with Gasteiger partial charge in [0.2, 0.25) is 5.91 Å². The SMILES string of the molecule is O=C(Cn1cnc2ccccc2c1=O)N[C@@H]1c2ccccc2C[C@@H]1O. The van der Waals surface area contributed by atoms with Gasteiger partial charge in [-0.15, -0.1) is 0 Å². The number of aliphatic hydroxyl groups is 1. The summed E-state index contributed by atoms with van der Waals surface area (Å²) in [7, 11) is 0. The Balaban J connectivity index is 1.55. The maximum Gasteiger partial charge on any atom is 0.261 e. The Kier molecular flexibility index (Phi) is 3.82. The van der Waals surface area contributed by atoms with Crippen molar-refractivity contribution in [2.45, 2.75) is 25.1 Å².